The SMILES string of the molecule is CCOC(=O)c1cnc2ccc(OCc3ccccc3)cc2c1Cl. The van der Waals surface area contributed by atoms with Gasteiger partial charge in [0.2, 0.25) is 0 Å². The molecular formula is C19H16ClNO3. The Kier molecular flexibility index (Phi) is 4.96. The van der Waals surface area contributed by atoms with Crippen LogP contribution in [0.2, 0.25) is 5.02 Å². The summed E-state index contributed by atoms with van der Waals surface area (Å²) in [6, 6.07) is 15.3. The van der Waals surface area contributed by atoms with E-state index in [1.807, 2.05) is 42.5 Å². The molecule has 0 bridgehead atoms. The molecule has 1 aromatic heterocycles. The number of carbonyl (C=O) groups excluding carboxylic acids is 1. The first-order valence-corrected chi connectivity index (χ1v) is 7.99. The Balaban J connectivity index is 1.88. The maximum Gasteiger partial charge on any atom is 0.341 e. The molecule has 3 rings (SSSR count). The Morgan fingerprint density at radius 3 is 2.71 bits per heavy atom. The lowest BCUT2D eigenvalue weighted by atomic mass is 10.1. The zero-order valence-electron chi connectivity index (χ0n) is 13.2. The van der Waals surface area contributed by atoms with Crippen LogP contribution in [0.5, 0.6) is 5.75 Å². The average molecular weight is 342 g/mol. The van der Waals surface area contributed by atoms with Gasteiger partial charge in [-0.3, -0.25) is 4.98 Å². The topological polar surface area (TPSA) is 48.4 Å². The molecule has 0 fully saturated rings. The lowest BCUT2D eigenvalue weighted by Gasteiger charge is -2.10. The molecule has 122 valence electrons. The number of pyridine rings is 1. The van der Waals surface area contributed by atoms with Gasteiger partial charge in [0.25, 0.3) is 0 Å². The summed E-state index contributed by atoms with van der Waals surface area (Å²) in [5.74, 6) is 0.184. The predicted octanol–water partition coefficient (Wildman–Crippen LogP) is 4.64. The number of ether oxygens (including phenoxy) is 2. The normalized spacial score (nSPS) is 10.6. The molecule has 0 amide bonds. The van der Waals surface area contributed by atoms with E-state index in [1.165, 1.54) is 6.20 Å². The van der Waals surface area contributed by atoms with Gasteiger partial charge in [0.15, 0.2) is 0 Å². The van der Waals surface area contributed by atoms with Gasteiger partial charge in [-0.1, -0.05) is 41.9 Å². The second-order valence-corrected chi connectivity index (χ2v) is 5.54. The van der Waals surface area contributed by atoms with E-state index >= 15 is 0 Å². The van der Waals surface area contributed by atoms with Crippen molar-refractivity contribution in [1.29, 1.82) is 0 Å². The Morgan fingerprint density at radius 2 is 1.96 bits per heavy atom. The molecule has 5 heteroatoms. The van der Waals surface area contributed by atoms with Crippen molar-refractivity contribution in [3.8, 4) is 5.75 Å². The van der Waals surface area contributed by atoms with Gasteiger partial charge in [-0.2, -0.15) is 0 Å². The minimum atomic E-state index is -0.479. The molecule has 0 aliphatic carbocycles. The summed E-state index contributed by atoms with van der Waals surface area (Å²) in [5.41, 5.74) is 2.02. The number of rotatable bonds is 5. The summed E-state index contributed by atoms with van der Waals surface area (Å²) in [6.45, 7) is 2.48. The van der Waals surface area contributed by atoms with Crippen LogP contribution in [-0.2, 0) is 11.3 Å². The van der Waals surface area contributed by atoms with Crippen molar-refractivity contribution >= 4 is 28.5 Å². The third-order valence-electron chi connectivity index (χ3n) is 3.52. The van der Waals surface area contributed by atoms with Gasteiger partial charge in [0.05, 0.1) is 22.7 Å². The zero-order chi connectivity index (χ0) is 16.9. The first kappa shape index (κ1) is 16.3. The van der Waals surface area contributed by atoms with Crippen LogP contribution in [0.15, 0.2) is 54.7 Å². The van der Waals surface area contributed by atoms with Crippen molar-refractivity contribution in [2.24, 2.45) is 0 Å². The highest BCUT2D eigenvalue weighted by Crippen LogP contribution is 2.29. The van der Waals surface area contributed by atoms with Crippen LogP contribution in [0.1, 0.15) is 22.8 Å². The molecule has 0 N–H and O–H groups in total. The van der Waals surface area contributed by atoms with Crippen molar-refractivity contribution in [2.75, 3.05) is 6.61 Å². The molecule has 0 aliphatic rings. The summed E-state index contributed by atoms with van der Waals surface area (Å²) in [6.07, 6.45) is 1.44. The lowest BCUT2D eigenvalue weighted by Crippen LogP contribution is -2.06. The first-order chi connectivity index (χ1) is 11.7. The Morgan fingerprint density at radius 1 is 1.17 bits per heavy atom. The van der Waals surface area contributed by atoms with E-state index in [-0.39, 0.29) is 12.2 Å². The fraction of sp³-hybridized carbons (Fsp3) is 0.158. The summed E-state index contributed by atoms with van der Waals surface area (Å²) in [4.78, 5) is 16.2. The van der Waals surface area contributed by atoms with Crippen LogP contribution in [0, 0.1) is 0 Å². The number of fused-ring (bicyclic) bond motifs is 1. The van der Waals surface area contributed by atoms with Crippen molar-refractivity contribution in [3.63, 3.8) is 0 Å². The molecule has 0 saturated heterocycles. The van der Waals surface area contributed by atoms with E-state index in [2.05, 4.69) is 4.98 Å². The molecule has 2 aromatic carbocycles. The number of aromatic nitrogens is 1. The van der Waals surface area contributed by atoms with Gasteiger partial charge in [0, 0.05) is 11.6 Å². The number of nitrogens with zero attached hydrogens (tertiary/aromatic N) is 1. The maximum atomic E-state index is 11.9. The molecule has 24 heavy (non-hydrogen) atoms. The minimum Gasteiger partial charge on any atom is -0.489 e. The number of benzene rings is 2. The predicted molar refractivity (Wildman–Crippen MR) is 93.5 cm³/mol. The molecule has 1 heterocycles. The summed E-state index contributed by atoms with van der Waals surface area (Å²) in [7, 11) is 0. The van der Waals surface area contributed by atoms with Crippen molar-refractivity contribution < 1.29 is 14.3 Å². The van der Waals surface area contributed by atoms with Crippen LogP contribution in [0.4, 0.5) is 0 Å². The number of esters is 1. The molecular weight excluding hydrogens is 326 g/mol. The molecule has 0 aliphatic heterocycles. The van der Waals surface area contributed by atoms with Gasteiger partial charge in [0.1, 0.15) is 12.4 Å². The first-order valence-electron chi connectivity index (χ1n) is 7.61. The standard InChI is InChI=1S/C19H16ClNO3/c1-2-23-19(22)16-11-21-17-9-8-14(10-15(17)18(16)20)24-12-13-6-4-3-5-7-13/h3-11H,2,12H2,1H3. The molecule has 0 radical (unpaired) electrons. The zero-order valence-corrected chi connectivity index (χ0v) is 13.9. The van der Waals surface area contributed by atoms with Gasteiger partial charge in [-0.05, 0) is 30.7 Å². The average Bonchev–Trinajstić information content (AvgIpc) is 2.61. The molecule has 3 aromatic rings. The van der Waals surface area contributed by atoms with Crippen LogP contribution < -0.4 is 4.74 Å². The second kappa shape index (κ2) is 7.32. The minimum absolute atomic E-state index is 0.256. The van der Waals surface area contributed by atoms with Crippen molar-refractivity contribution in [3.05, 3.63) is 70.9 Å². The van der Waals surface area contributed by atoms with Gasteiger partial charge < -0.3 is 9.47 Å². The van der Waals surface area contributed by atoms with E-state index in [0.29, 0.717) is 28.3 Å². The van der Waals surface area contributed by atoms with Crippen LogP contribution in [-0.4, -0.2) is 17.6 Å². The van der Waals surface area contributed by atoms with E-state index < -0.39 is 5.97 Å². The van der Waals surface area contributed by atoms with Crippen LogP contribution in [0.3, 0.4) is 0 Å². The Labute approximate surface area is 145 Å². The molecule has 0 atom stereocenters. The number of hydrogen-bond donors (Lipinski definition) is 0. The van der Waals surface area contributed by atoms with Gasteiger partial charge >= 0.3 is 5.97 Å². The quantitative estimate of drug-likeness (QED) is 0.634. The summed E-state index contributed by atoms with van der Waals surface area (Å²) >= 11 is 6.36. The Hall–Kier alpha value is -2.59. The highest BCUT2D eigenvalue weighted by molar-refractivity contribution is 6.38. The van der Waals surface area contributed by atoms with Gasteiger partial charge in [-0.25, -0.2) is 4.79 Å². The molecule has 0 spiro atoms. The van der Waals surface area contributed by atoms with E-state index in [4.69, 9.17) is 21.1 Å². The number of hydrogen-bond acceptors (Lipinski definition) is 4. The molecule has 4 nitrogen and oxygen atoms in total. The second-order valence-electron chi connectivity index (χ2n) is 5.16. The fourth-order valence-electron chi connectivity index (χ4n) is 2.32. The fourth-order valence-corrected chi connectivity index (χ4v) is 2.60. The van der Waals surface area contributed by atoms with Crippen molar-refractivity contribution in [1.82, 2.24) is 4.98 Å². The molecule has 0 saturated carbocycles. The van der Waals surface area contributed by atoms with Crippen LogP contribution in [0.25, 0.3) is 10.9 Å². The van der Waals surface area contributed by atoms with E-state index in [9.17, 15) is 4.79 Å². The number of carbonyl (C=O) groups is 1. The van der Waals surface area contributed by atoms with E-state index in [0.717, 1.165) is 5.56 Å². The largest absolute Gasteiger partial charge is 0.489 e. The highest BCUT2D eigenvalue weighted by Gasteiger charge is 2.15. The Bertz CT molecular complexity index is 865. The number of halogens is 1. The third kappa shape index (κ3) is 3.49. The summed E-state index contributed by atoms with van der Waals surface area (Å²) < 4.78 is 10.8. The third-order valence-corrected chi connectivity index (χ3v) is 3.92. The monoisotopic (exact) mass is 341 g/mol. The smallest absolute Gasteiger partial charge is 0.341 e. The molecule has 0 unspecified atom stereocenters. The summed E-state index contributed by atoms with van der Waals surface area (Å²) in [5, 5.41) is 0.983. The van der Waals surface area contributed by atoms with E-state index in [1.54, 1.807) is 13.0 Å². The van der Waals surface area contributed by atoms with Gasteiger partial charge in [-0.15, -0.1) is 0 Å². The highest BCUT2D eigenvalue weighted by atomic mass is 35.5. The van der Waals surface area contributed by atoms with Crippen molar-refractivity contribution in [2.45, 2.75) is 13.5 Å². The lowest BCUT2D eigenvalue weighted by molar-refractivity contribution is 0.0526. The van der Waals surface area contributed by atoms with Crippen LogP contribution >= 0.6 is 11.6 Å². The maximum absolute atomic E-state index is 11.9.